The van der Waals surface area contributed by atoms with Crippen molar-refractivity contribution in [1.29, 1.82) is 0 Å². The summed E-state index contributed by atoms with van der Waals surface area (Å²) >= 11 is 0. The van der Waals surface area contributed by atoms with Crippen LogP contribution >= 0.6 is 10.3 Å². The monoisotopic (exact) mass is 416 g/mol. The fourth-order valence-electron chi connectivity index (χ4n) is 3.35. The molecular weight excluding hydrogens is 384 g/mol. The Morgan fingerprint density at radius 2 is 1.83 bits per heavy atom. The summed E-state index contributed by atoms with van der Waals surface area (Å²) in [5.41, 5.74) is 1.47. The smallest absolute Gasteiger partial charge is 0.255 e. The van der Waals surface area contributed by atoms with Crippen LogP contribution in [0.25, 0.3) is 0 Å². The lowest BCUT2D eigenvalue weighted by Gasteiger charge is -2.47. The SMILES string of the molecule is CC(C)(C)S(C)(OCCc1ncccc1C(=O)N1CCOCC1)c1ccccc1. The second-order valence-electron chi connectivity index (χ2n) is 8.24. The van der Waals surface area contributed by atoms with Crippen molar-refractivity contribution in [1.82, 2.24) is 9.88 Å². The van der Waals surface area contributed by atoms with Gasteiger partial charge in [0.1, 0.15) is 0 Å². The molecule has 6 heteroatoms. The summed E-state index contributed by atoms with van der Waals surface area (Å²) in [6, 6.07) is 14.1. The zero-order valence-electron chi connectivity index (χ0n) is 17.9. The van der Waals surface area contributed by atoms with Gasteiger partial charge in [0.25, 0.3) is 5.91 Å². The first kappa shape index (κ1) is 21.8. The first-order chi connectivity index (χ1) is 13.8. The van der Waals surface area contributed by atoms with Crippen LogP contribution in [0.1, 0.15) is 36.8 Å². The van der Waals surface area contributed by atoms with Gasteiger partial charge in [-0.1, -0.05) is 39.0 Å². The van der Waals surface area contributed by atoms with Crippen molar-refractivity contribution in [2.45, 2.75) is 36.8 Å². The molecule has 29 heavy (non-hydrogen) atoms. The second kappa shape index (κ2) is 9.28. The number of carbonyl (C=O) groups excluding carboxylic acids is 1. The molecule has 1 saturated heterocycles. The zero-order chi connectivity index (χ0) is 20.9. The molecule has 1 aliphatic heterocycles. The number of benzene rings is 1. The van der Waals surface area contributed by atoms with E-state index >= 15 is 0 Å². The number of ether oxygens (including phenoxy) is 1. The molecule has 5 nitrogen and oxygen atoms in total. The molecule has 1 fully saturated rings. The van der Waals surface area contributed by atoms with Gasteiger partial charge in [-0.15, -0.1) is 10.3 Å². The molecule has 2 aromatic rings. The fraction of sp³-hybridized carbons (Fsp3) is 0.478. The van der Waals surface area contributed by atoms with E-state index in [1.165, 1.54) is 4.90 Å². The Labute approximate surface area is 175 Å². The van der Waals surface area contributed by atoms with Crippen molar-refractivity contribution >= 4 is 16.2 Å². The molecule has 158 valence electrons. The number of pyridine rings is 1. The van der Waals surface area contributed by atoms with Gasteiger partial charge in [0.2, 0.25) is 0 Å². The number of rotatable bonds is 6. The third-order valence-electron chi connectivity index (χ3n) is 5.44. The third-order valence-corrected chi connectivity index (χ3v) is 9.59. The summed E-state index contributed by atoms with van der Waals surface area (Å²) in [6.45, 7) is 9.65. The first-order valence-electron chi connectivity index (χ1n) is 10.1. The van der Waals surface area contributed by atoms with E-state index in [0.29, 0.717) is 44.9 Å². The van der Waals surface area contributed by atoms with E-state index in [2.05, 4.69) is 56.3 Å². The lowest BCUT2D eigenvalue weighted by atomic mass is 10.1. The zero-order valence-corrected chi connectivity index (χ0v) is 18.7. The molecule has 0 N–H and O–H groups in total. The molecule has 1 unspecified atom stereocenters. The second-order valence-corrected chi connectivity index (χ2v) is 11.9. The molecule has 1 atom stereocenters. The number of morpholine rings is 1. The van der Waals surface area contributed by atoms with E-state index in [4.69, 9.17) is 8.92 Å². The highest BCUT2D eigenvalue weighted by atomic mass is 32.3. The van der Waals surface area contributed by atoms with Crippen molar-refractivity contribution in [2.75, 3.05) is 39.2 Å². The van der Waals surface area contributed by atoms with Crippen LogP contribution in [0.3, 0.4) is 0 Å². The Morgan fingerprint density at radius 3 is 2.48 bits per heavy atom. The molecule has 1 amide bonds. The largest absolute Gasteiger partial charge is 0.378 e. The molecule has 0 radical (unpaired) electrons. The van der Waals surface area contributed by atoms with Gasteiger partial charge in [-0.25, -0.2) is 0 Å². The van der Waals surface area contributed by atoms with E-state index in [9.17, 15) is 4.79 Å². The number of aromatic nitrogens is 1. The molecule has 0 spiro atoms. The van der Waals surface area contributed by atoms with E-state index in [0.717, 1.165) is 5.69 Å². The van der Waals surface area contributed by atoms with Gasteiger partial charge < -0.3 is 13.8 Å². The highest BCUT2D eigenvalue weighted by molar-refractivity contribution is 8.30. The van der Waals surface area contributed by atoms with E-state index < -0.39 is 10.3 Å². The van der Waals surface area contributed by atoms with Crippen molar-refractivity contribution in [2.24, 2.45) is 0 Å². The maximum Gasteiger partial charge on any atom is 0.255 e. The van der Waals surface area contributed by atoms with Crippen molar-refractivity contribution < 1.29 is 13.7 Å². The predicted octanol–water partition coefficient (Wildman–Crippen LogP) is 4.32. The Bertz CT molecular complexity index is 816. The van der Waals surface area contributed by atoms with Crippen LogP contribution in [-0.4, -0.2) is 59.7 Å². The van der Waals surface area contributed by atoms with Crippen LogP contribution in [0, 0.1) is 0 Å². The van der Waals surface area contributed by atoms with E-state index in [-0.39, 0.29) is 10.7 Å². The topological polar surface area (TPSA) is 51.7 Å². The number of hydrogen-bond donors (Lipinski definition) is 0. The summed E-state index contributed by atoms with van der Waals surface area (Å²) in [7, 11) is -1.50. The maximum absolute atomic E-state index is 13.0. The fourth-order valence-corrected chi connectivity index (χ4v) is 5.64. The Kier molecular flexibility index (Phi) is 6.98. The Hall–Kier alpha value is -1.89. The highest BCUT2D eigenvalue weighted by Crippen LogP contribution is 2.63. The summed E-state index contributed by atoms with van der Waals surface area (Å²) < 4.78 is 11.9. The minimum atomic E-state index is -1.50. The van der Waals surface area contributed by atoms with Crippen LogP contribution in [0.4, 0.5) is 0 Å². The van der Waals surface area contributed by atoms with Gasteiger partial charge in [0.15, 0.2) is 0 Å². The van der Waals surface area contributed by atoms with E-state index in [1.54, 1.807) is 6.20 Å². The summed E-state index contributed by atoms with van der Waals surface area (Å²) in [5.74, 6) is 0.0328. The van der Waals surface area contributed by atoms with Gasteiger partial charge >= 0.3 is 0 Å². The predicted molar refractivity (Wildman–Crippen MR) is 119 cm³/mol. The summed E-state index contributed by atoms with van der Waals surface area (Å²) in [6.07, 6.45) is 4.58. The quantitative estimate of drug-likeness (QED) is 0.704. The van der Waals surface area contributed by atoms with Gasteiger partial charge in [0, 0.05) is 35.3 Å². The molecule has 0 bridgehead atoms. The van der Waals surface area contributed by atoms with Crippen molar-refractivity contribution in [3.63, 3.8) is 0 Å². The molecule has 1 aromatic carbocycles. The van der Waals surface area contributed by atoms with Gasteiger partial charge in [-0.2, -0.15) is 0 Å². The van der Waals surface area contributed by atoms with E-state index in [1.807, 2.05) is 23.1 Å². The summed E-state index contributed by atoms with van der Waals surface area (Å²) in [4.78, 5) is 20.5. The average molecular weight is 417 g/mol. The van der Waals surface area contributed by atoms with Gasteiger partial charge in [-0.3, -0.25) is 9.78 Å². The number of amides is 1. The maximum atomic E-state index is 13.0. The highest BCUT2D eigenvalue weighted by Gasteiger charge is 2.35. The molecule has 2 heterocycles. The average Bonchev–Trinajstić information content (AvgIpc) is 2.74. The minimum absolute atomic E-state index is 0.00901. The number of carbonyl (C=O) groups is 1. The number of hydrogen-bond acceptors (Lipinski definition) is 4. The Morgan fingerprint density at radius 1 is 1.14 bits per heavy atom. The molecule has 0 aliphatic carbocycles. The third kappa shape index (κ3) is 5.00. The molecule has 1 aliphatic rings. The van der Waals surface area contributed by atoms with Crippen LogP contribution in [-0.2, 0) is 15.3 Å². The molecule has 1 aromatic heterocycles. The molecule has 3 rings (SSSR count). The van der Waals surface area contributed by atoms with Crippen LogP contribution in [0.2, 0.25) is 0 Å². The van der Waals surface area contributed by atoms with Crippen molar-refractivity contribution in [3.05, 3.63) is 59.9 Å². The summed E-state index contributed by atoms with van der Waals surface area (Å²) in [5, 5.41) is 0. The van der Waals surface area contributed by atoms with Crippen LogP contribution < -0.4 is 0 Å². The number of nitrogens with zero attached hydrogens (tertiary/aromatic N) is 2. The lowest BCUT2D eigenvalue weighted by Crippen LogP contribution is -2.41. The molecule has 0 saturated carbocycles. The van der Waals surface area contributed by atoms with Crippen LogP contribution in [0.15, 0.2) is 53.6 Å². The van der Waals surface area contributed by atoms with Gasteiger partial charge in [0.05, 0.1) is 31.1 Å². The Balaban J connectivity index is 1.73. The standard InChI is InChI=1S/C23H32N2O3S/c1-23(2,3)29(4,19-9-6-5-7-10-19)28-16-12-21-20(11-8-13-24-21)22(26)25-14-17-27-18-15-25/h5-11,13H,12,14-18H2,1-4H3. The minimum Gasteiger partial charge on any atom is -0.378 e. The van der Waals surface area contributed by atoms with Crippen molar-refractivity contribution in [3.8, 4) is 0 Å². The first-order valence-corrected chi connectivity index (χ1v) is 12.1. The molecular formula is C23H32N2O3S. The van der Waals surface area contributed by atoms with Gasteiger partial charge in [-0.05, 0) is 30.5 Å². The lowest BCUT2D eigenvalue weighted by molar-refractivity contribution is 0.0301. The van der Waals surface area contributed by atoms with Crippen LogP contribution in [0.5, 0.6) is 0 Å². The normalized spacial score (nSPS) is 18.1.